The highest BCUT2D eigenvalue weighted by molar-refractivity contribution is 6.21. The van der Waals surface area contributed by atoms with Crippen LogP contribution in [0, 0.1) is 0 Å². The SMILES string of the molecule is [N-]=[N+]=Nc1ccc2c(c1)C(=O)N(C1CCCCC1)C2=O. The lowest BCUT2D eigenvalue weighted by Gasteiger charge is -2.29. The van der Waals surface area contributed by atoms with Crippen LogP contribution < -0.4 is 0 Å². The minimum Gasteiger partial charge on any atom is -0.271 e. The standard InChI is InChI=1S/C14H14N4O2/c15-17-16-9-6-7-11-12(8-9)14(20)18(13(11)19)10-4-2-1-3-5-10/h6-8,10H,1-5H2. The molecule has 0 N–H and O–H groups in total. The summed E-state index contributed by atoms with van der Waals surface area (Å²) in [6.07, 6.45) is 5.05. The summed E-state index contributed by atoms with van der Waals surface area (Å²) in [5, 5.41) is 3.48. The molecule has 2 amide bonds. The summed E-state index contributed by atoms with van der Waals surface area (Å²) >= 11 is 0. The zero-order valence-corrected chi connectivity index (χ0v) is 11.0. The van der Waals surface area contributed by atoms with Gasteiger partial charge >= 0.3 is 0 Å². The molecule has 1 aliphatic carbocycles. The highest BCUT2D eigenvalue weighted by Crippen LogP contribution is 2.32. The molecule has 102 valence electrons. The molecule has 2 aliphatic rings. The van der Waals surface area contributed by atoms with Crippen molar-refractivity contribution in [2.24, 2.45) is 5.11 Å². The van der Waals surface area contributed by atoms with Gasteiger partial charge in [0.1, 0.15) is 0 Å². The van der Waals surface area contributed by atoms with Gasteiger partial charge in [-0.25, -0.2) is 0 Å². The first-order chi connectivity index (χ1) is 9.72. The van der Waals surface area contributed by atoms with Crippen molar-refractivity contribution in [3.05, 3.63) is 39.8 Å². The quantitative estimate of drug-likeness (QED) is 0.356. The molecule has 1 fully saturated rings. The molecule has 20 heavy (non-hydrogen) atoms. The minimum absolute atomic E-state index is 0.0130. The average molecular weight is 270 g/mol. The van der Waals surface area contributed by atoms with Gasteiger partial charge in [0.2, 0.25) is 0 Å². The number of azide groups is 1. The monoisotopic (exact) mass is 270 g/mol. The van der Waals surface area contributed by atoms with E-state index in [1.54, 1.807) is 12.1 Å². The fourth-order valence-corrected chi connectivity index (χ4v) is 3.03. The van der Waals surface area contributed by atoms with Crippen LogP contribution in [0.4, 0.5) is 5.69 Å². The molecule has 0 atom stereocenters. The Kier molecular flexibility index (Phi) is 3.16. The molecule has 1 aromatic carbocycles. The summed E-state index contributed by atoms with van der Waals surface area (Å²) in [5.41, 5.74) is 9.56. The molecule has 0 radical (unpaired) electrons. The number of carbonyl (C=O) groups excluding carboxylic acids is 2. The van der Waals surface area contributed by atoms with Crippen molar-refractivity contribution in [3.8, 4) is 0 Å². The van der Waals surface area contributed by atoms with E-state index >= 15 is 0 Å². The van der Waals surface area contributed by atoms with Crippen LogP contribution >= 0.6 is 0 Å². The number of nitrogens with zero attached hydrogens (tertiary/aromatic N) is 4. The highest BCUT2D eigenvalue weighted by Gasteiger charge is 2.40. The second-order valence-corrected chi connectivity index (χ2v) is 5.19. The first kappa shape index (κ1) is 12.7. The molecule has 0 unspecified atom stereocenters. The third kappa shape index (κ3) is 1.94. The number of hydrogen-bond acceptors (Lipinski definition) is 3. The highest BCUT2D eigenvalue weighted by atomic mass is 16.2. The van der Waals surface area contributed by atoms with Crippen LogP contribution in [0.15, 0.2) is 23.3 Å². The fourth-order valence-electron chi connectivity index (χ4n) is 3.03. The van der Waals surface area contributed by atoms with Gasteiger partial charge in [0.15, 0.2) is 0 Å². The molecule has 3 rings (SSSR count). The van der Waals surface area contributed by atoms with Crippen molar-refractivity contribution < 1.29 is 9.59 Å². The smallest absolute Gasteiger partial charge is 0.261 e. The van der Waals surface area contributed by atoms with E-state index in [0.29, 0.717) is 16.8 Å². The molecule has 1 aliphatic heterocycles. The van der Waals surface area contributed by atoms with Crippen LogP contribution in [0.25, 0.3) is 10.4 Å². The largest absolute Gasteiger partial charge is 0.271 e. The number of hydrogen-bond donors (Lipinski definition) is 0. The van der Waals surface area contributed by atoms with Crippen molar-refractivity contribution in [2.75, 3.05) is 0 Å². The number of amides is 2. The van der Waals surface area contributed by atoms with Crippen LogP contribution in [0.3, 0.4) is 0 Å². The van der Waals surface area contributed by atoms with Gasteiger partial charge in [0, 0.05) is 16.6 Å². The molecule has 0 bridgehead atoms. The van der Waals surface area contributed by atoms with E-state index in [1.807, 2.05) is 0 Å². The Morgan fingerprint density at radius 2 is 1.80 bits per heavy atom. The summed E-state index contributed by atoms with van der Waals surface area (Å²) < 4.78 is 0. The van der Waals surface area contributed by atoms with Gasteiger partial charge in [-0.2, -0.15) is 0 Å². The molecule has 1 saturated carbocycles. The van der Waals surface area contributed by atoms with Gasteiger partial charge in [-0.15, -0.1) is 0 Å². The van der Waals surface area contributed by atoms with E-state index in [0.717, 1.165) is 25.7 Å². The normalized spacial score (nSPS) is 18.9. The predicted octanol–water partition coefficient (Wildman–Crippen LogP) is 3.56. The van der Waals surface area contributed by atoms with E-state index in [4.69, 9.17) is 5.53 Å². The van der Waals surface area contributed by atoms with Crippen molar-refractivity contribution >= 4 is 17.5 Å². The van der Waals surface area contributed by atoms with Gasteiger partial charge in [-0.3, -0.25) is 14.5 Å². The lowest BCUT2D eigenvalue weighted by Crippen LogP contribution is -2.40. The van der Waals surface area contributed by atoms with Crippen LogP contribution in [-0.2, 0) is 0 Å². The predicted molar refractivity (Wildman–Crippen MR) is 72.6 cm³/mol. The Balaban J connectivity index is 1.96. The molecular weight excluding hydrogens is 256 g/mol. The molecule has 1 aromatic rings. The number of fused-ring (bicyclic) bond motifs is 1. The topological polar surface area (TPSA) is 86.1 Å². The molecule has 6 heteroatoms. The van der Waals surface area contributed by atoms with Gasteiger partial charge in [0.25, 0.3) is 11.8 Å². The summed E-state index contributed by atoms with van der Waals surface area (Å²) in [4.78, 5) is 28.9. The zero-order valence-electron chi connectivity index (χ0n) is 11.0. The van der Waals surface area contributed by atoms with E-state index < -0.39 is 0 Å². The van der Waals surface area contributed by atoms with E-state index in [-0.39, 0.29) is 17.9 Å². The average Bonchev–Trinajstić information content (AvgIpc) is 2.72. The first-order valence-corrected chi connectivity index (χ1v) is 6.79. The van der Waals surface area contributed by atoms with Crippen molar-refractivity contribution in [1.29, 1.82) is 0 Å². The Morgan fingerprint density at radius 1 is 1.10 bits per heavy atom. The fraction of sp³-hybridized carbons (Fsp3) is 0.429. The van der Waals surface area contributed by atoms with Gasteiger partial charge in [-0.05, 0) is 30.5 Å². The summed E-state index contributed by atoms with van der Waals surface area (Å²) in [7, 11) is 0. The third-order valence-corrected chi connectivity index (χ3v) is 4.00. The van der Waals surface area contributed by atoms with Gasteiger partial charge in [-0.1, -0.05) is 30.4 Å². The van der Waals surface area contributed by atoms with Crippen LogP contribution in [0.5, 0.6) is 0 Å². The van der Waals surface area contributed by atoms with E-state index in [9.17, 15) is 9.59 Å². The molecule has 0 spiro atoms. The second-order valence-electron chi connectivity index (χ2n) is 5.19. The lowest BCUT2D eigenvalue weighted by atomic mass is 9.94. The Labute approximate surface area is 116 Å². The number of rotatable bonds is 2. The Bertz CT molecular complexity index is 628. The molecule has 1 heterocycles. The Morgan fingerprint density at radius 3 is 2.50 bits per heavy atom. The number of benzene rings is 1. The van der Waals surface area contributed by atoms with Crippen molar-refractivity contribution in [3.63, 3.8) is 0 Å². The summed E-state index contributed by atoms with van der Waals surface area (Å²) in [6, 6.07) is 4.65. The van der Waals surface area contributed by atoms with E-state index in [1.165, 1.54) is 17.4 Å². The van der Waals surface area contributed by atoms with E-state index in [2.05, 4.69) is 10.0 Å². The van der Waals surface area contributed by atoms with Crippen LogP contribution in [0.1, 0.15) is 52.8 Å². The maximum absolute atomic E-state index is 12.4. The lowest BCUT2D eigenvalue weighted by molar-refractivity contribution is 0.0549. The third-order valence-electron chi connectivity index (χ3n) is 4.00. The molecule has 0 saturated heterocycles. The molecule has 0 aromatic heterocycles. The van der Waals surface area contributed by atoms with Gasteiger partial charge in [0.05, 0.1) is 11.1 Å². The van der Waals surface area contributed by atoms with Crippen LogP contribution in [0.2, 0.25) is 0 Å². The molecular formula is C14H14N4O2. The molecule has 6 nitrogen and oxygen atoms in total. The minimum atomic E-state index is -0.258. The second kappa shape index (κ2) is 4.98. The zero-order chi connectivity index (χ0) is 14.1. The van der Waals surface area contributed by atoms with Crippen molar-refractivity contribution in [1.82, 2.24) is 4.90 Å². The summed E-state index contributed by atoms with van der Waals surface area (Å²) in [6.45, 7) is 0. The first-order valence-electron chi connectivity index (χ1n) is 6.79. The van der Waals surface area contributed by atoms with Gasteiger partial charge < -0.3 is 0 Å². The van der Waals surface area contributed by atoms with Crippen LogP contribution in [-0.4, -0.2) is 22.8 Å². The number of imide groups is 1. The Hall–Kier alpha value is -2.33. The maximum atomic E-state index is 12.4. The summed E-state index contributed by atoms with van der Waals surface area (Å²) in [5.74, 6) is -0.476. The van der Waals surface area contributed by atoms with Crippen molar-refractivity contribution in [2.45, 2.75) is 38.1 Å². The number of carbonyl (C=O) groups is 2. The maximum Gasteiger partial charge on any atom is 0.261 e.